The summed E-state index contributed by atoms with van der Waals surface area (Å²) >= 11 is 0. The molecule has 10 nitrogen and oxygen atoms in total. The van der Waals surface area contributed by atoms with Crippen molar-refractivity contribution in [2.24, 2.45) is 0 Å². The van der Waals surface area contributed by atoms with Crippen molar-refractivity contribution in [3.05, 3.63) is 0 Å². The molecule has 0 saturated carbocycles. The predicted octanol–water partition coefficient (Wildman–Crippen LogP) is 0.195. The molecule has 3 unspecified atom stereocenters. The van der Waals surface area contributed by atoms with Crippen LogP contribution in [0.4, 0.5) is 0 Å². The summed E-state index contributed by atoms with van der Waals surface area (Å²) in [5.74, 6) is 0. The third-order valence-corrected chi connectivity index (χ3v) is 3.89. The molecule has 170 valence electrons. The van der Waals surface area contributed by atoms with Crippen LogP contribution in [0.3, 0.4) is 0 Å². The van der Waals surface area contributed by atoms with Crippen molar-refractivity contribution in [2.75, 3.05) is 102 Å². The van der Waals surface area contributed by atoms with Gasteiger partial charge in [0.15, 0.2) is 0 Å². The molecule has 0 aliphatic rings. The van der Waals surface area contributed by atoms with Crippen molar-refractivity contribution in [3.8, 4) is 0 Å². The molecule has 0 fully saturated rings. The molecule has 0 rings (SSSR count). The van der Waals surface area contributed by atoms with E-state index in [9.17, 15) is 0 Å². The zero-order chi connectivity index (χ0) is 21.0. The van der Waals surface area contributed by atoms with Gasteiger partial charge in [0.2, 0.25) is 0 Å². The second-order valence-corrected chi connectivity index (χ2v) is 5.72. The SMILES string of the molecule is COCCOCC(OC)N(C(COCCOC)OC)C(COCCOC)OC. The smallest absolute Gasteiger partial charge is 0.137 e. The molecular weight excluding hydrogens is 374 g/mol. The summed E-state index contributed by atoms with van der Waals surface area (Å²) < 4.78 is 49.0. The van der Waals surface area contributed by atoms with Gasteiger partial charge in [0.25, 0.3) is 0 Å². The number of rotatable bonds is 21. The van der Waals surface area contributed by atoms with Crippen molar-refractivity contribution in [2.45, 2.75) is 18.7 Å². The van der Waals surface area contributed by atoms with E-state index < -0.39 is 18.7 Å². The summed E-state index contributed by atoms with van der Waals surface area (Å²) in [5, 5.41) is 0. The molecule has 0 aliphatic heterocycles. The lowest BCUT2D eigenvalue weighted by molar-refractivity contribution is -0.240. The normalized spacial score (nSPS) is 15.1. The van der Waals surface area contributed by atoms with Gasteiger partial charge in [0.1, 0.15) is 18.7 Å². The van der Waals surface area contributed by atoms with Gasteiger partial charge in [-0.2, -0.15) is 0 Å². The molecule has 28 heavy (non-hydrogen) atoms. The molecule has 0 amide bonds. The first-order chi connectivity index (χ1) is 13.7. The lowest BCUT2D eigenvalue weighted by atomic mass is 10.3. The summed E-state index contributed by atoms with van der Waals surface area (Å²) in [6.07, 6.45) is -1.32. The first-order valence-electron chi connectivity index (χ1n) is 9.25. The summed E-state index contributed by atoms with van der Waals surface area (Å²) in [6.45, 7) is 3.76. The molecular formula is C18H39NO9. The van der Waals surface area contributed by atoms with Gasteiger partial charge in [-0.1, -0.05) is 0 Å². The molecule has 0 radical (unpaired) electrons. The second kappa shape index (κ2) is 19.9. The Morgan fingerprint density at radius 3 is 0.964 bits per heavy atom. The third kappa shape index (κ3) is 12.2. The highest BCUT2D eigenvalue weighted by molar-refractivity contribution is 4.72. The van der Waals surface area contributed by atoms with Crippen molar-refractivity contribution in [1.82, 2.24) is 4.90 Å². The monoisotopic (exact) mass is 413 g/mol. The zero-order valence-corrected chi connectivity index (χ0v) is 18.2. The van der Waals surface area contributed by atoms with Gasteiger partial charge in [0.05, 0.1) is 59.5 Å². The molecule has 0 aromatic carbocycles. The molecule has 3 atom stereocenters. The Kier molecular flexibility index (Phi) is 19.6. The predicted molar refractivity (Wildman–Crippen MR) is 102 cm³/mol. The standard InChI is InChI=1S/C18H39NO9/c1-20-7-10-26-13-16(23-4)19(17(24-5)14-27-11-8-21-2)18(25-6)15-28-12-9-22-3/h16-18H,7-15H2,1-6H3. The minimum absolute atomic E-state index is 0.301. The van der Waals surface area contributed by atoms with Crippen LogP contribution in [0.5, 0.6) is 0 Å². The Balaban J connectivity index is 5.08. The number of ether oxygens (including phenoxy) is 9. The van der Waals surface area contributed by atoms with Crippen molar-refractivity contribution in [1.29, 1.82) is 0 Å². The Bertz CT molecular complexity index is 278. The van der Waals surface area contributed by atoms with E-state index in [1.165, 1.54) is 0 Å². The van der Waals surface area contributed by atoms with Crippen LogP contribution in [-0.2, 0) is 42.6 Å². The molecule has 0 aliphatic carbocycles. The fourth-order valence-electron chi connectivity index (χ4n) is 2.36. The van der Waals surface area contributed by atoms with Crippen LogP contribution in [0.2, 0.25) is 0 Å². The Hall–Kier alpha value is -0.400. The minimum atomic E-state index is -0.441. The van der Waals surface area contributed by atoms with E-state index in [-0.39, 0.29) is 0 Å². The third-order valence-electron chi connectivity index (χ3n) is 3.89. The van der Waals surface area contributed by atoms with Crippen molar-refractivity contribution in [3.63, 3.8) is 0 Å². The first-order valence-corrected chi connectivity index (χ1v) is 9.25. The average Bonchev–Trinajstić information content (AvgIpc) is 2.72. The molecule has 0 aromatic rings. The molecule has 10 heteroatoms. The van der Waals surface area contributed by atoms with Crippen LogP contribution >= 0.6 is 0 Å². The lowest BCUT2D eigenvalue weighted by Crippen LogP contribution is -2.56. The molecule has 0 bridgehead atoms. The summed E-state index contributed by atoms with van der Waals surface area (Å²) in [4.78, 5) is 1.90. The van der Waals surface area contributed by atoms with Crippen LogP contribution in [0.15, 0.2) is 0 Å². The maximum atomic E-state index is 5.66. The van der Waals surface area contributed by atoms with E-state index in [4.69, 9.17) is 42.6 Å². The second-order valence-electron chi connectivity index (χ2n) is 5.72. The van der Waals surface area contributed by atoms with Gasteiger partial charge >= 0.3 is 0 Å². The fraction of sp³-hybridized carbons (Fsp3) is 1.00. The number of hydrogen-bond donors (Lipinski definition) is 0. The highest BCUT2D eigenvalue weighted by atomic mass is 16.6. The lowest BCUT2D eigenvalue weighted by Gasteiger charge is -2.40. The van der Waals surface area contributed by atoms with E-state index >= 15 is 0 Å². The molecule has 0 spiro atoms. The molecule has 0 N–H and O–H groups in total. The van der Waals surface area contributed by atoms with Gasteiger partial charge in [-0.05, 0) is 0 Å². The summed E-state index contributed by atoms with van der Waals surface area (Å²) in [7, 11) is 9.69. The molecule has 0 heterocycles. The molecule has 0 saturated heterocycles. The van der Waals surface area contributed by atoms with E-state index in [1.54, 1.807) is 42.7 Å². The average molecular weight is 414 g/mol. The molecule has 0 aromatic heterocycles. The minimum Gasteiger partial charge on any atom is -0.382 e. The number of nitrogens with zero attached hydrogens (tertiary/aromatic N) is 1. The summed E-state index contributed by atoms with van der Waals surface area (Å²) in [5.41, 5.74) is 0. The van der Waals surface area contributed by atoms with Crippen molar-refractivity contribution < 1.29 is 42.6 Å². The topological polar surface area (TPSA) is 86.3 Å². The van der Waals surface area contributed by atoms with E-state index in [1.807, 2.05) is 4.90 Å². The van der Waals surface area contributed by atoms with E-state index in [0.717, 1.165) is 0 Å². The van der Waals surface area contributed by atoms with Crippen molar-refractivity contribution >= 4 is 0 Å². The van der Waals surface area contributed by atoms with Crippen LogP contribution < -0.4 is 0 Å². The zero-order valence-electron chi connectivity index (χ0n) is 18.2. The Morgan fingerprint density at radius 1 is 0.464 bits per heavy atom. The maximum absolute atomic E-state index is 5.66. The first kappa shape index (κ1) is 27.6. The van der Waals surface area contributed by atoms with Crippen LogP contribution in [-0.4, -0.2) is 126 Å². The number of hydrogen-bond acceptors (Lipinski definition) is 10. The van der Waals surface area contributed by atoms with Crippen LogP contribution in [0.1, 0.15) is 0 Å². The highest BCUT2D eigenvalue weighted by Crippen LogP contribution is 2.16. The van der Waals surface area contributed by atoms with Gasteiger partial charge in [-0.25, -0.2) is 4.90 Å². The Labute approximate surface area is 169 Å². The fourth-order valence-corrected chi connectivity index (χ4v) is 2.36. The van der Waals surface area contributed by atoms with Gasteiger partial charge in [-0.15, -0.1) is 0 Å². The summed E-state index contributed by atoms with van der Waals surface area (Å²) in [6, 6.07) is 0. The quantitative estimate of drug-likeness (QED) is 0.192. The van der Waals surface area contributed by atoms with Gasteiger partial charge in [-0.3, -0.25) is 0 Å². The van der Waals surface area contributed by atoms with Gasteiger partial charge in [0, 0.05) is 42.7 Å². The van der Waals surface area contributed by atoms with Gasteiger partial charge < -0.3 is 42.6 Å². The largest absolute Gasteiger partial charge is 0.382 e. The van der Waals surface area contributed by atoms with E-state index in [0.29, 0.717) is 59.5 Å². The highest BCUT2D eigenvalue weighted by Gasteiger charge is 2.34. The van der Waals surface area contributed by atoms with Crippen LogP contribution in [0.25, 0.3) is 0 Å². The number of methoxy groups -OCH3 is 6. The Morgan fingerprint density at radius 2 is 0.750 bits per heavy atom. The van der Waals surface area contributed by atoms with E-state index in [2.05, 4.69) is 0 Å². The maximum Gasteiger partial charge on any atom is 0.137 e. The van der Waals surface area contributed by atoms with Crippen LogP contribution in [0, 0.1) is 0 Å².